The quantitative estimate of drug-likeness (QED) is 0.149. The van der Waals surface area contributed by atoms with E-state index in [1.807, 2.05) is 0 Å². The number of hydrogen-bond donors (Lipinski definition) is 0. The summed E-state index contributed by atoms with van der Waals surface area (Å²) in [5.41, 5.74) is 22.7. The van der Waals surface area contributed by atoms with Crippen LogP contribution in [-0.2, 0) is 25.7 Å². The molecule has 0 spiro atoms. The molecule has 0 amide bonds. The van der Waals surface area contributed by atoms with Crippen LogP contribution in [0.1, 0.15) is 89.0 Å². The Hall–Kier alpha value is -3.82. The van der Waals surface area contributed by atoms with Crippen LogP contribution in [0.5, 0.6) is 0 Å². The lowest BCUT2D eigenvalue weighted by Crippen LogP contribution is -2.31. The Bertz CT molecular complexity index is 2050. The van der Waals surface area contributed by atoms with Crippen molar-refractivity contribution in [3.05, 3.63) is 174 Å². The molecule has 0 atom stereocenters. The maximum absolute atomic E-state index is 2.64. The van der Waals surface area contributed by atoms with E-state index in [1.165, 1.54) is 89.0 Å². The van der Waals surface area contributed by atoms with E-state index in [0.29, 0.717) is 0 Å². The van der Waals surface area contributed by atoms with Crippen molar-refractivity contribution in [2.45, 2.75) is 109 Å². The van der Waals surface area contributed by atoms with Gasteiger partial charge in [0.15, 0.2) is 0 Å². The first kappa shape index (κ1) is 38.5. The largest absolute Gasteiger partial charge is 0.0587 e. The molecule has 6 aromatic rings. The van der Waals surface area contributed by atoms with Gasteiger partial charge in [-0.2, -0.15) is 0 Å². The van der Waals surface area contributed by atoms with Gasteiger partial charge in [-0.3, -0.25) is 0 Å². The van der Waals surface area contributed by atoms with Gasteiger partial charge in [-0.15, -0.1) is 0 Å². The van der Waals surface area contributed by atoms with Gasteiger partial charge in [0.2, 0.25) is 0 Å². The van der Waals surface area contributed by atoms with Gasteiger partial charge >= 0.3 is 0 Å². The summed E-state index contributed by atoms with van der Waals surface area (Å²) >= 11 is 0. The van der Waals surface area contributed by atoms with Gasteiger partial charge < -0.3 is 0 Å². The molecule has 0 nitrogen and oxygen atoms in total. The van der Waals surface area contributed by atoms with Gasteiger partial charge in [-0.05, 0) is 223 Å². The van der Waals surface area contributed by atoms with Crippen molar-refractivity contribution >= 4 is 47.7 Å². The second-order valence-corrected chi connectivity index (χ2v) is 20.7. The molecular formula is C52H58P2. The van der Waals surface area contributed by atoms with Gasteiger partial charge in [-0.25, -0.2) is 0 Å². The second kappa shape index (κ2) is 15.4. The Morgan fingerprint density at radius 1 is 0.296 bits per heavy atom. The molecule has 4 bridgehead atoms. The molecule has 10 rings (SSSR count). The molecule has 0 aromatic heterocycles. The lowest BCUT2D eigenvalue weighted by molar-refractivity contribution is 0.932. The van der Waals surface area contributed by atoms with Crippen LogP contribution < -0.4 is 31.8 Å². The van der Waals surface area contributed by atoms with Crippen LogP contribution in [0.15, 0.2) is 84.9 Å². The SMILES string of the molecule is Cc1cc(C)c(P(c2cc3ccc2CCc2ccc(c(P(c4c(C)cc(C)cc4C)c4c(C)cc(C)cc4C)c2)CC3)c2c(C)cc(C)cc2C)c(C)c1. The van der Waals surface area contributed by atoms with E-state index in [2.05, 4.69) is 168 Å². The van der Waals surface area contributed by atoms with Crippen molar-refractivity contribution in [1.82, 2.24) is 0 Å². The summed E-state index contributed by atoms with van der Waals surface area (Å²) in [4.78, 5) is 0. The fraction of sp³-hybridized carbons (Fsp3) is 0.308. The predicted molar refractivity (Wildman–Crippen MR) is 242 cm³/mol. The summed E-state index contributed by atoms with van der Waals surface area (Å²) in [7, 11) is -1.52. The molecule has 0 saturated carbocycles. The van der Waals surface area contributed by atoms with E-state index < -0.39 is 15.8 Å². The van der Waals surface area contributed by atoms with Crippen molar-refractivity contribution in [3.8, 4) is 0 Å². The lowest BCUT2D eigenvalue weighted by atomic mass is 9.96. The monoisotopic (exact) mass is 744 g/mol. The molecular weight excluding hydrogens is 687 g/mol. The zero-order valence-electron chi connectivity index (χ0n) is 34.8. The van der Waals surface area contributed by atoms with Crippen molar-refractivity contribution in [3.63, 3.8) is 0 Å². The number of rotatable bonds is 6. The Balaban J connectivity index is 1.41. The van der Waals surface area contributed by atoms with Crippen LogP contribution >= 0.6 is 15.8 Å². The summed E-state index contributed by atoms with van der Waals surface area (Å²) in [5.74, 6) is 0. The molecule has 6 aromatic carbocycles. The summed E-state index contributed by atoms with van der Waals surface area (Å²) in [6.45, 7) is 27.8. The van der Waals surface area contributed by atoms with Crippen molar-refractivity contribution in [2.24, 2.45) is 0 Å². The van der Waals surface area contributed by atoms with Gasteiger partial charge in [0.05, 0.1) is 0 Å². The van der Waals surface area contributed by atoms with Crippen LogP contribution in [0.25, 0.3) is 0 Å². The van der Waals surface area contributed by atoms with Crippen molar-refractivity contribution < 1.29 is 0 Å². The molecule has 0 saturated heterocycles. The fourth-order valence-corrected chi connectivity index (χ4v) is 16.0. The number of hydrogen-bond acceptors (Lipinski definition) is 0. The van der Waals surface area contributed by atoms with Gasteiger partial charge in [0, 0.05) is 0 Å². The molecule has 276 valence electrons. The van der Waals surface area contributed by atoms with Gasteiger partial charge in [0.1, 0.15) is 0 Å². The van der Waals surface area contributed by atoms with Crippen molar-refractivity contribution in [2.75, 3.05) is 0 Å². The molecule has 0 radical (unpaired) electrons. The highest BCUT2D eigenvalue weighted by Crippen LogP contribution is 2.42. The Morgan fingerprint density at radius 2 is 0.537 bits per heavy atom. The van der Waals surface area contributed by atoms with E-state index >= 15 is 0 Å². The molecule has 0 N–H and O–H groups in total. The Morgan fingerprint density at radius 3 is 0.778 bits per heavy atom. The number of benzene rings is 6. The molecule has 2 heteroatoms. The average Bonchev–Trinajstić information content (AvgIpc) is 3.06. The minimum atomic E-state index is -0.758. The normalized spacial score (nSPS) is 12.9. The predicted octanol–water partition coefficient (Wildman–Crippen LogP) is 10.8. The molecule has 54 heavy (non-hydrogen) atoms. The number of aryl methyl sites for hydroxylation is 16. The van der Waals surface area contributed by atoms with Crippen LogP contribution in [0, 0.1) is 83.1 Å². The highest BCUT2D eigenvalue weighted by atomic mass is 31.1. The smallest absolute Gasteiger partial charge is 0.00922 e. The van der Waals surface area contributed by atoms with Crippen LogP contribution in [0.2, 0.25) is 0 Å². The molecule has 4 aliphatic carbocycles. The maximum atomic E-state index is 2.64. The maximum Gasteiger partial charge on any atom is -0.00922 e. The van der Waals surface area contributed by atoms with Crippen LogP contribution in [-0.4, -0.2) is 0 Å². The van der Waals surface area contributed by atoms with Crippen molar-refractivity contribution in [1.29, 1.82) is 0 Å². The molecule has 0 fully saturated rings. The topological polar surface area (TPSA) is 0 Å². The summed E-state index contributed by atoms with van der Waals surface area (Å²) < 4.78 is 0. The first-order valence-electron chi connectivity index (χ1n) is 19.9. The Labute approximate surface area is 329 Å². The van der Waals surface area contributed by atoms with Gasteiger partial charge in [0.25, 0.3) is 0 Å². The Kier molecular flexibility index (Phi) is 10.9. The summed E-state index contributed by atoms with van der Waals surface area (Å²) in [6.07, 6.45) is 4.12. The zero-order chi connectivity index (χ0) is 38.6. The van der Waals surface area contributed by atoms with E-state index in [0.717, 1.165) is 25.7 Å². The minimum Gasteiger partial charge on any atom is -0.0587 e. The standard InChI is InChI=1S/C52H58P2/c1-31-21-35(5)49(36(6)22-31)53(50-37(7)23-32(2)24-38(50)8)47-29-43-13-17-45(47)19-15-44-14-18-46(20-16-43)48(30-44)54(51-39(9)25-33(3)26-40(51)10)52-41(11)27-34(4)28-42(52)12/h13-14,17-18,21-30H,15-16,19-20H2,1-12H3. The third-order valence-electron chi connectivity index (χ3n) is 11.6. The molecule has 0 heterocycles. The highest BCUT2D eigenvalue weighted by molar-refractivity contribution is 7.80. The molecule has 4 aliphatic rings. The van der Waals surface area contributed by atoms with Gasteiger partial charge in [-0.1, -0.05) is 107 Å². The minimum absolute atomic E-state index is 0.758. The summed E-state index contributed by atoms with van der Waals surface area (Å²) in [6, 6.07) is 34.5. The molecule has 0 aliphatic heterocycles. The van der Waals surface area contributed by atoms with E-state index in [-0.39, 0.29) is 0 Å². The van der Waals surface area contributed by atoms with E-state index in [4.69, 9.17) is 0 Å². The average molecular weight is 745 g/mol. The first-order chi connectivity index (χ1) is 25.7. The fourth-order valence-electron chi connectivity index (χ4n) is 9.73. The molecule has 0 unspecified atom stereocenters. The van der Waals surface area contributed by atoms with Crippen LogP contribution in [0.4, 0.5) is 0 Å². The second-order valence-electron chi connectivity index (χ2n) is 16.6. The van der Waals surface area contributed by atoms with E-state index in [1.54, 1.807) is 31.8 Å². The zero-order valence-corrected chi connectivity index (χ0v) is 36.6. The third kappa shape index (κ3) is 7.43. The summed E-state index contributed by atoms with van der Waals surface area (Å²) in [5, 5.41) is 9.28. The van der Waals surface area contributed by atoms with E-state index in [9.17, 15) is 0 Å². The lowest BCUT2D eigenvalue weighted by Gasteiger charge is -2.31. The third-order valence-corrected chi connectivity index (χ3v) is 18.0. The first-order valence-corrected chi connectivity index (χ1v) is 22.5. The highest BCUT2D eigenvalue weighted by Gasteiger charge is 2.29. The van der Waals surface area contributed by atoms with Crippen LogP contribution in [0.3, 0.4) is 0 Å².